The van der Waals surface area contributed by atoms with Crippen LogP contribution in [0.3, 0.4) is 0 Å². The molecule has 1 heterocycles. The molecule has 0 amide bonds. The fourth-order valence-electron chi connectivity index (χ4n) is 2.81. The molecule has 1 aromatic heterocycles. The van der Waals surface area contributed by atoms with E-state index in [-0.39, 0.29) is 17.9 Å². The number of halogens is 2. The average molecular weight is 447 g/mol. The van der Waals surface area contributed by atoms with E-state index in [4.69, 9.17) is 9.47 Å². The first-order chi connectivity index (χ1) is 13.4. The molecule has 0 saturated heterocycles. The maximum atomic E-state index is 14.4. The van der Waals surface area contributed by atoms with E-state index in [0.717, 1.165) is 5.56 Å². The third-order valence-electron chi connectivity index (χ3n) is 4.10. The normalized spacial score (nSPS) is 10.8. The van der Waals surface area contributed by atoms with Crippen LogP contribution in [0.1, 0.15) is 29.8 Å². The van der Waals surface area contributed by atoms with E-state index in [1.807, 2.05) is 13.8 Å². The molecule has 0 bridgehead atoms. The lowest BCUT2D eigenvalue weighted by atomic mass is 10.1. The van der Waals surface area contributed by atoms with Crippen LogP contribution in [0.5, 0.6) is 5.75 Å². The number of hydrogen-bond acceptors (Lipinski definition) is 5. The van der Waals surface area contributed by atoms with Crippen LogP contribution in [0, 0.1) is 12.7 Å². The monoisotopic (exact) mass is 446 g/mol. The van der Waals surface area contributed by atoms with Gasteiger partial charge in [0, 0.05) is 17.6 Å². The van der Waals surface area contributed by atoms with Gasteiger partial charge in [0.1, 0.15) is 17.1 Å². The lowest BCUT2D eigenvalue weighted by molar-refractivity contribution is 0.0527. The van der Waals surface area contributed by atoms with E-state index in [0.29, 0.717) is 33.4 Å². The number of anilines is 2. The molecule has 146 valence electrons. The van der Waals surface area contributed by atoms with Gasteiger partial charge in [0.2, 0.25) is 0 Å². The van der Waals surface area contributed by atoms with Crippen LogP contribution in [0.25, 0.3) is 10.9 Å². The average Bonchev–Trinajstić information content (AvgIpc) is 2.65. The first-order valence-electron chi connectivity index (χ1n) is 8.90. The van der Waals surface area contributed by atoms with Crippen LogP contribution in [0.15, 0.2) is 41.0 Å². The van der Waals surface area contributed by atoms with Crippen molar-refractivity contribution in [2.75, 3.05) is 18.5 Å². The van der Waals surface area contributed by atoms with Crippen LogP contribution in [-0.2, 0) is 4.74 Å². The van der Waals surface area contributed by atoms with Crippen molar-refractivity contribution in [2.24, 2.45) is 0 Å². The van der Waals surface area contributed by atoms with E-state index in [9.17, 15) is 9.18 Å². The first kappa shape index (κ1) is 20.1. The number of esters is 1. The Morgan fingerprint density at radius 3 is 2.68 bits per heavy atom. The van der Waals surface area contributed by atoms with E-state index >= 15 is 0 Å². The Kier molecular flexibility index (Phi) is 6.14. The lowest BCUT2D eigenvalue weighted by Gasteiger charge is -2.16. The Morgan fingerprint density at radius 1 is 1.21 bits per heavy atom. The number of ether oxygens (including phenoxy) is 2. The Hall–Kier alpha value is -2.67. The lowest BCUT2D eigenvalue weighted by Crippen LogP contribution is -2.10. The number of rotatable bonds is 6. The Bertz CT molecular complexity index is 1040. The van der Waals surface area contributed by atoms with Gasteiger partial charge in [-0.1, -0.05) is 6.07 Å². The first-order valence-corrected chi connectivity index (χ1v) is 9.69. The molecule has 28 heavy (non-hydrogen) atoms. The number of aromatic nitrogens is 1. The van der Waals surface area contributed by atoms with Gasteiger partial charge in [-0.2, -0.15) is 0 Å². The predicted octanol–water partition coefficient (Wildman–Crippen LogP) is 5.76. The van der Waals surface area contributed by atoms with Crippen molar-refractivity contribution in [1.29, 1.82) is 0 Å². The summed E-state index contributed by atoms with van der Waals surface area (Å²) in [6.07, 6.45) is 1.43. The third-order valence-corrected chi connectivity index (χ3v) is 4.72. The van der Waals surface area contributed by atoms with Crippen molar-refractivity contribution >= 4 is 44.2 Å². The van der Waals surface area contributed by atoms with Crippen LogP contribution in [-0.4, -0.2) is 24.2 Å². The zero-order chi connectivity index (χ0) is 20.3. The molecule has 0 radical (unpaired) electrons. The molecular formula is C21H20BrFN2O3. The molecule has 3 rings (SSSR count). The maximum Gasteiger partial charge on any atom is 0.341 e. The summed E-state index contributed by atoms with van der Waals surface area (Å²) < 4.78 is 25.9. The number of hydrogen-bond donors (Lipinski definition) is 1. The zero-order valence-electron chi connectivity index (χ0n) is 15.8. The van der Waals surface area contributed by atoms with Crippen LogP contribution >= 0.6 is 15.9 Å². The second kappa shape index (κ2) is 8.56. The fourth-order valence-corrected chi connectivity index (χ4v) is 3.27. The van der Waals surface area contributed by atoms with Gasteiger partial charge in [-0.15, -0.1) is 0 Å². The van der Waals surface area contributed by atoms with Gasteiger partial charge >= 0.3 is 5.97 Å². The molecule has 0 spiro atoms. The Balaban J connectivity index is 2.20. The second-order valence-corrected chi connectivity index (χ2v) is 6.96. The summed E-state index contributed by atoms with van der Waals surface area (Å²) in [6, 6.07) is 8.43. The number of aryl methyl sites for hydroxylation is 1. The van der Waals surface area contributed by atoms with E-state index in [1.165, 1.54) is 12.3 Å². The van der Waals surface area contributed by atoms with Gasteiger partial charge in [-0.25, -0.2) is 9.18 Å². The number of carbonyl (C=O) groups excluding carboxylic acids is 1. The fraction of sp³-hybridized carbons (Fsp3) is 0.238. The van der Waals surface area contributed by atoms with Crippen LogP contribution < -0.4 is 10.1 Å². The minimum atomic E-state index is -0.531. The largest absolute Gasteiger partial charge is 0.493 e. The molecule has 2 aromatic carbocycles. The highest BCUT2D eigenvalue weighted by molar-refractivity contribution is 9.10. The van der Waals surface area contributed by atoms with Gasteiger partial charge < -0.3 is 14.8 Å². The quantitative estimate of drug-likeness (QED) is 0.487. The minimum Gasteiger partial charge on any atom is -0.493 e. The number of nitrogens with zero attached hydrogens (tertiary/aromatic N) is 1. The standard InChI is InChI=1S/C21H20BrFN2O3/c1-4-27-19-10-18-13(9-15(19)22)20(14(11-24-18)21(26)28-5-2)25-17-7-6-12(3)8-16(17)23/h6-11H,4-5H2,1-3H3,(H,24,25). The van der Waals surface area contributed by atoms with Crippen LogP contribution in [0.2, 0.25) is 0 Å². The Labute approximate surface area is 171 Å². The minimum absolute atomic E-state index is 0.224. The smallest absolute Gasteiger partial charge is 0.341 e. The molecule has 0 aliphatic heterocycles. The predicted molar refractivity (Wildman–Crippen MR) is 111 cm³/mol. The van der Waals surface area contributed by atoms with Crippen molar-refractivity contribution in [3.63, 3.8) is 0 Å². The molecule has 0 aliphatic rings. The molecule has 0 atom stereocenters. The van der Waals surface area contributed by atoms with Gasteiger partial charge in [0.15, 0.2) is 0 Å². The summed E-state index contributed by atoms with van der Waals surface area (Å²) in [4.78, 5) is 16.8. The van der Waals surface area contributed by atoms with E-state index in [1.54, 1.807) is 31.2 Å². The van der Waals surface area contributed by atoms with Crippen molar-refractivity contribution in [1.82, 2.24) is 4.98 Å². The summed E-state index contributed by atoms with van der Waals surface area (Å²) in [5, 5.41) is 3.69. The molecule has 1 N–H and O–H groups in total. The number of fused-ring (bicyclic) bond motifs is 1. The van der Waals surface area contributed by atoms with Gasteiger partial charge in [-0.3, -0.25) is 4.98 Å². The zero-order valence-corrected chi connectivity index (χ0v) is 17.4. The van der Waals surface area contributed by atoms with Crippen LogP contribution in [0.4, 0.5) is 15.8 Å². The molecule has 0 fully saturated rings. The number of carbonyl (C=O) groups is 1. The van der Waals surface area contributed by atoms with Crippen molar-refractivity contribution in [3.05, 3.63) is 57.9 Å². The number of benzene rings is 2. The highest BCUT2D eigenvalue weighted by Gasteiger charge is 2.19. The number of pyridine rings is 1. The molecule has 0 aliphatic carbocycles. The summed E-state index contributed by atoms with van der Waals surface area (Å²) >= 11 is 3.48. The summed E-state index contributed by atoms with van der Waals surface area (Å²) in [7, 11) is 0. The van der Waals surface area contributed by atoms with E-state index in [2.05, 4.69) is 26.2 Å². The molecular weight excluding hydrogens is 427 g/mol. The maximum absolute atomic E-state index is 14.4. The molecule has 7 heteroatoms. The SMILES string of the molecule is CCOC(=O)c1cnc2cc(OCC)c(Br)cc2c1Nc1ccc(C)cc1F. The summed E-state index contributed by atoms with van der Waals surface area (Å²) in [5.74, 6) is -0.305. The van der Waals surface area contributed by atoms with Crippen molar-refractivity contribution < 1.29 is 18.7 Å². The Morgan fingerprint density at radius 2 is 2.00 bits per heavy atom. The third kappa shape index (κ3) is 4.09. The molecule has 0 unspecified atom stereocenters. The molecule has 3 aromatic rings. The van der Waals surface area contributed by atoms with Gasteiger partial charge in [0.25, 0.3) is 0 Å². The molecule has 0 saturated carbocycles. The summed E-state index contributed by atoms with van der Waals surface area (Å²) in [5.41, 5.74) is 2.32. The van der Waals surface area contributed by atoms with Gasteiger partial charge in [-0.05, 0) is 60.5 Å². The highest BCUT2D eigenvalue weighted by atomic mass is 79.9. The van der Waals surface area contributed by atoms with Crippen molar-refractivity contribution in [2.45, 2.75) is 20.8 Å². The van der Waals surface area contributed by atoms with E-state index < -0.39 is 11.8 Å². The highest BCUT2D eigenvalue weighted by Crippen LogP contribution is 2.36. The van der Waals surface area contributed by atoms with Crippen molar-refractivity contribution in [3.8, 4) is 5.75 Å². The molecule has 5 nitrogen and oxygen atoms in total. The topological polar surface area (TPSA) is 60.5 Å². The summed E-state index contributed by atoms with van der Waals surface area (Å²) in [6.45, 7) is 6.16. The number of nitrogens with one attached hydrogen (secondary N) is 1. The second-order valence-electron chi connectivity index (χ2n) is 6.11. The van der Waals surface area contributed by atoms with Gasteiger partial charge in [0.05, 0.1) is 34.6 Å².